The molecule has 1 aromatic carbocycles. The fourth-order valence-corrected chi connectivity index (χ4v) is 1.89. The lowest BCUT2D eigenvalue weighted by Gasteiger charge is -2.06. The van der Waals surface area contributed by atoms with Gasteiger partial charge in [-0.1, -0.05) is 12.1 Å². The molecule has 0 N–H and O–H groups in total. The largest absolute Gasteiger partial charge is 0.298 e. The fraction of sp³-hybridized carbons (Fsp3) is 0.0769. The summed E-state index contributed by atoms with van der Waals surface area (Å²) < 4.78 is 2.09. The molecule has 0 fully saturated rings. The van der Waals surface area contributed by atoms with Gasteiger partial charge < -0.3 is 0 Å². The number of hydrogen-bond donors (Lipinski definition) is 0. The molecule has 0 aliphatic carbocycles. The van der Waals surface area contributed by atoms with E-state index in [0.717, 1.165) is 22.3 Å². The van der Waals surface area contributed by atoms with Crippen LogP contribution in [0.15, 0.2) is 49.1 Å². The van der Waals surface area contributed by atoms with Crippen molar-refractivity contribution in [1.29, 1.82) is 0 Å². The second-order valence-corrected chi connectivity index (χ2v) is 3.77. The normalized spacial score (nSPS) is 10.8. The molecular weight excluding hydrogens is 198 g/mol. The Morgan fingerprint density at radius 1 is 1.12 bits per heavy atom. The highest BCUT2D eigenvalue weighted by Gasteiger charge is 2.05. The summed E-state index contributed by atoms with van der Waals surface area (Å²) in [7, 11) is 0. The van der Waals surface area contributed by atoms with E-state index in [9.17, 15) is 0 Å². The van der Waals surface area contributed by atoms with Crippen molar-refractivity contribution in [3.8, 4) is 5.69 Å². The molecule has 0 amide bonds. The topological polar surface area (TPSA) is 30.7 Å². The number of imidazole rings is 1. The molecule has 16 heavy (non-hydrogen) atoms. The number of para-hydroxylation sites is 2. The number of nitrogens with zero attached hydrogens (tertiary/aromatic N) is 3. The van der Waals surface area contributed by atoms with Crippen LogP contribution in [0.4, 0.5) is 0 Å². The van der Waals surface area contributed by atoms with Gasteiger partial charge in [-0.15, -0.1) is 0 Å². The maximum atomic E-state index is 4.38. The molecule has 3 heteroatoms. The Balaban J connectivity index is 2.31. The zero-order valence-electron chi connectivity index (χ0n) is 8.96. The Hall–Kier alpha value is -2.16. The fourth-order valence-electron chi connectivity index (χ4n) is 1.89. The molecule has 0 spiro atoms. The molecule has 3 aromatic rings. The summed E-state index contributed by atoms with van der Waals surface area (Å²) in [5.74, 6) is 0. The van der Waals surface area contributed by atoms with E-state index in [1.165, 1.54) is 0 Å². The molecule has 0 saturated carbocycles. The van der Waals surface area contributed by atoms with Gasteiger partial charge in [0.2, 0.25) is 0 Å². The molecule has 0 aliphatic rings. The zero-order valence-corrected chi connectivity index (χ0v) is 8.96. The molecule has 3 rings (SSSR count). The highest BCUT2D eigenvalue weighted by atomic mass is 15.1. The number of aryl methyl sites for hydroxylation is 1. The van der Waals surface area contributed by atoms with Gasteiger partial charge in [0.1, 0.15) is 6.33 Å². The Kier molecular flexibility index (Phi) is 1.96. The molecule has 0 bridgehead atoms. The Bertz CT molecular complexity index is 640. The van der Waals surface area contributed by atoms with E-state index in [-0.39, 0.29) is 0 Å². The maximum Gasteiger partial charge on any atom is 0.100 e. The first-order valence-corrected chi connectivity index (χ1v) is 5.19. The summed E-state index contributed by atoms with van der Waals surface area (Å²) in [6, 6.07) is 10.1. The van der Waals surface area contributed by atoms with Crippen LogP contribution in [0.2, 0.25) is 0 Å². The van der Waals surface area contributed by atoms with E-state index in [2.05, 4.69) is 27.5 Å². The van der Waals surface area contributed by atoms with Crippen LogP contribution in [0, 0.1) is 6.92 Å². The van der Waals surface area contributed by atoms with Crippen LogP contribution in [0.5, 0.6) is 0 Å². The lowest BCUT2D eigenvalue weighted by atomic mass is 10.2. The molecule has 0 atom stereocenters. The minimum absolute atomic E-state index is 1.01. The van der Waals surface area contributed by atoms with E-state index in [4.69, 9.17) is 0 Å². The second-order valence-electron chi connectivity index (χ2n) is 3.77. The Morgan fingerprint density at radius 2 is 2.00 bits per heavy atom. The number of hydrogen-bond acceptors (Lipinski definition) is 2. The molecule has 0 radical (unpaired) electrons. The summed E-state index contributed by atoms with van der Waals surface area (Å²) in [5, 5.41) is 0. The molecule has 78 valence electrons. The minimum atomic E-state index is 1.01. The highest BCUT2D eigenvalue weighted by Crippen LogP contribution is 2.19. The molecule has 3 nitrogen and oxygen atoms in total. The van der Waals surface area contributed by atoms with Gasteiger partial charge in [-0.25, -0.2) is 4.98 Å². The van der Waals surface area contributed by atoms with Crippen molar-refractivity contribution >= 4 is 11.0 Å². The first kappa shape index (κ1) is 9.09. The average molecular weight is 209 g/mol. The number of benzene rings is 1. The molecular formula is C13H11N3. The lowest BCUT2D eigenvalue weighted by Crippen LogP contribution is -1.95. The predicted octanol–water partition coefficient (Wildman–Crippen LogP) is 2.73. The molecule has 0 saturated heterocycles. The standard InChI is InChI=1S/C13H11N3/c1-10-8-14-7-6-12(10)16-9-15-11-4-2-3-5-13(11)16/h2-9H,1H3. The van der Waals surface area contributed by atoms with E-state index in [1.54, 1.807) is 6.20 Å². The van der Waals surface area contributed by atoms with Crippen LogP contribution in [0.1, 0.15) is 5.56 Å². The van der Waals surface area contributed by atoms with Crippen LogP contribution in [0.25, 0.3) is 16.7 Å². The minimum Gasteiger partial charge on any atom is -0.298 e. The zero-order chi connectivity index (χ0) is 11.0. The van der Waals surface area contributed by atoms with Gasteiger partial charge in [0, 0.05) is 12.4 Å². The van der Waals surface area contributed by atoms with Gasteiger partial charge in [0.25, 0.3) is 0 Å². The molecule has 2 aromatic heterocycles. The maximum absolute atomic E-state index is 4.38. The number of aromatic nitrogens is 3. The van der Waals surface area contributed by atoms with Crippen LogP contribution in [-0.4, -0.2) is 14.5 Å². The first-order valence-electron chi connectivity index (χ1n) is 5.19. The molecule has 0 aliphatic heterocycles. The Labute approximate surface area is 93.4 Å². The lowest BCUT2D eigenvalue weighted by molar-refractivity contribution is 1.06. The smallest absolute Gasteiger partial charge is 0.100 e. The number of fused-ring (bicyclic) bond motifs is 1. The number of pyridine rings is 1. The summed E-state index contributed by atoms with van der Waals surface area (Å²) in [5.41, 5.74) is 4.41. The summed E-state index contributed by atoms with van der Waals surface area (Å²) in [6.45, 7) is 2.05. The Morgan fingerprint density at radius 3 is 2.88 bits per heavy atom. The van der Waals surface area contributed by atoms with E-state index < -0.39 is 0 Å². The van der Waals surface area contributed by atoms with Crippen LogP contribution >= 0.6 is 0 Å². The van der Waals surface area contributed by atoms with Gasteiger partial charge >= 0.3 is 0 Å². The highest BCUT2D eigenvalue weighted by molar-refractivity contribution is 5.77. The summed E-state index contributed by atoms with van der Waals surface area (Å²) in [4.78, 5) is 8.48. The first-order chi connectivity index (χ1) is 7.86. The van der Waals surface area contributed by atoms with Crippen molar-refractivity contribution in [1.82, 2.24) is 14.5 Å². The van der Waals surface area contributed by atoms with Crippen molar-refractivity contribution < 1.29 is 0 Å². The van der Waals surface area contributed by atoms with Crippen molar-refractivity contribution in [2.45, 2.75) is 6.92 Å². The summed E-state index contributed by atoms with van der Waals surface area (Å²) >= 11 is 0. The third kappa shape index (κ3) is 1.29. The van der Waals surface area contributed by atoms with E-state index >= 15 is 0 Å². The average Bonchev–Trinajstić information content (AvgIpc) is 2.74. The molecule has 0 unspecified atom stereocenters. The van der Waals surface area contributed by atoms with Gasteiger partial charge in [-0.2, -0.15) is 0 Å². The molecule has 2 heterocycles. The van der Waals surface area contributed by atoms with Crippen LogP contribution in [0.3, 0.4) is 0 Å². The van der Waals surface area contributed by atoms with Crippen molar-refractivity contribution in [2.24, 2.45) is 0 Å². The number of rotatable bonds is 1. The van der Waals surface area contributed by atoms with E-state index in [1.807, 2.05) is 36.8 Å². The van der Waals surface area contributed by atoms with Gasteiger partial charge in [0.05, 0.1) is 16.7 Å². The van der Waals surface area contributed by atoms with E-state index in [0.29, 0.717) is 0 Å². The third-order valence-electron chi connectivity index (χ3n) is 2.70. The predicted molar refractivity (Wildman–Crippen MR) is 63.6 cm³/mol. The summed E-state index contributed by atoms with van der Waals surface area (Å²) in [6.07, 6.45) is 5.52. The van der Waals surface area contributed by atoms with Crippen molar-refractivity contribution in [3.63, 3.8) is 0 Å². The van der Waals surface area contributed by atoms with Crippen LogP contribution in [-0.2, 0) is 0 Å². The SMILES string of the molecule is Cc1cnccc1-n1cnc2ccccc21. The van der Waals surface area contributed by atoms with Gasteiger partial charge in [-0.3, -0.25) is 9.55 Å². The second kappa shape index (κ2) is 3.45. The third-order valence-corrected chi connectivity index (χ3v) is 2.70. The monoisotopic (exact) mass is 209 g/mol. The quantitative estimate of drug-likeness (QED) is 0.617. The van der Waals surface area contributed by atoms with Crippen molar-refractivity contribution in [2.75, 3.05) is 0 Å². The van der Waals surface area contributed by atoms with Crippen LogP contribution < -0.4 is 0 Å². The van der Waals surface area contributed by atoms with Crippen molar-refractivity contribution in [3.05, 3.63) is 54.6 Å². The van der Waals surface area contributed by atoms with Gasteiger partial charge in [0.15, 0.2) is 0 Å². The van der Waals surface area contributed by atoms with Gasteiger partial charge in [-0.05, 0) is 30.7 Å².